The first kappa shape index (κ1) is 19.6. The van der Waals surface area contributed by atoms with E-state index in [1.165, 1.54) is 0 Å². The summed E-state index contributed by atoms with van der Waals surface area (Å²) < 4.78 is 14.5. The molecule has 1 aliphatic heterocycles. The molecule has 0 bridgehead atoms. The first-order valence-electron chi connectivity index (χ1n) is 10.0. The standard InChI is InChI=1S/C24H20BrN3O3/c25-17-7-8-22-20(13-17)21(9-11-30-22)27-24(29)16-4-3-5-19(12-16)31-15-18-14-28-10-2-1-6-23(28)26-18/h1-8,10,12-14,21H,9,11,15H2,(H,27,29). The maximum atomic E-state index is 12.9. The second kappa shape index (κ2) is 8.43. The summed E-state index contributed by atoms with van der Waals surface area (Å²) in [6, 6.07) is 18.8. The smallest absolute Gasteiger partial charge is 0.251 e. The summed E-state index contributed by atoms with van der Waals surface area (Å²) in [4.78, 5) is 17.5. The lowest BCUT2D eigenvalue weighted by Crippen LogP contribution is -2.32. The molecule has 0 saturated heterocycles. The van der Waals surface area contributed by atoms with Crippen molar-refractivity contribution in [1.29, 1.82) is 0 Å². The highest BCUT2D eigenvalue weighted by atomic mass is 79.9. The van der Waals surface area contributed by atoms with Gasteiger partial charge in [0.05, 0.1) is 18.3 Å². The molecule has 2 aromatic carbocycles. The Bertz CT molecular complexity index is 1220. The van der Waals surface area contributed by atoms with Crippen LogP contribution in [0.1, 0.15) is 34.1 Å². The summed E-state index contributed by atoms with van der Waals surface area (Å²) >= 11 is 3.49. The van der Waals surface area contributed by atoms with E-state index in [0.29, 0.717) is 24.5 Å². The molecule has 3 heterocycles. The molecule has 0 aliphatic carbocycles. The Morgan fingerprint density at radius 2 is 2.13 bits per heavy atom. The van der Waals surface area contributed by atoms with Crippen molar-refractivity contribution in [1.82, 2.24) is 14.7 Å². The van der Waals surface area contributed by atoms with Crippen molar-refractivity contribution in [2.45, 2.75) is 19.1 Å². The Kier molecular flexibility index (Phi) is 5.34. The van der Waals surface area contributed by atoms with E-state index in [-0.39, 0.29) is 11.9 Å². The topological polar surface area (TPSA) is 64.9 Å². The van der Waals surface area contributed by atoms with Crippen LogP contribution in [0.4, 0.5) is 0 Å². The molecule has 0 saturated carbocycles. The van der Waals surface area contributed by atoms with Crippen LogP contribution in [-0.4, -0.2) is 21.9 Å². The molecule has 0 fully saturated rings. The highest BCUT2D eigenvalue weighted by molar-refractivity contribution is 9.10. The van der Waals surface area contributed by atoms with Gasteiger partial charge in [0, 0.05) is 34.4 Å². The third-order valence-corrected chi connectivity index (χ3v) is 5.71. The highest BCUT2D eigenvalue weighted by Gasteiger charge is 2.24. The number of pyridine rings is 1. The fraction of sp³-hybridized carbons (Fsp3) is 0.167. The van der Waals surface area contributed by atoms with Crippen LogP contribution in [0.3, 0.4) is 0 Å². The number of benzene rings is 2. The first-order chi connectivity index (χ1) is 15.2. The summed E-state index contributed by atoms with van der Waals surface area (Å²) in [5.41, 5.74) is 3.23. The molecular weight excluding hydrogens is 458 g/mol. The molecule has 31 heavy (non-hydrogen) atoms. The SMILES string of the molecule is O=C(NC1CCOc2ccc(Br)cc21)c1cccc(OCc2cn3ccccc3n2)c1. The van der Waals surface area contributed by atoms with Gasteiger partial charge < -0.3 is 19.2 Å². The van der Waals surface area contributed by atoms with Gasteiger partial charge in [-0.2, -0.15) is 0 Å². The average molecular weight is 478 g/mol. The summed E-state index contributed by atoms with van der Waals surface area (Å²) in [5, 5.41) is 3.13. The number of halogens is 1. The fourth-order valence-electron chi connectivity index (χ4n) is 3.70. The van der Waals surface area contributed by atoms with E-state index in [2.05, 4.69) is 26.2 Å². The number of amides is 1. The van der Waals surface area contributed by atoms with E-state index in [1.54, 1.807) is 12.1 Å². The molecule has 1 unspecified atom stereocenters. The van der Waals surface area contributed by atoms with E-state index in [1.807, 2.05) is 65.3 Å². The van der Waals surface area contributed by atoms with Gasteiger partial charge in [-0.1, -0.05) is 28.1 Å². The Morgan fingerprint density at radius 1 is 1.19 bits per heavy atom. The molecule has 1 N–H and O–H groups in total. The Morgan fingerprint density at radius 3 is 3.03 bits per heavy atom. The van der Waals surface area contributed by atoms with Crippen molar-refractivity contribution >= 4 is 27.5 Å². The fourth-order valence-corrected chi connectivity index (χ4v) is 4.08. The van der Waals surface area contributed by atoms with Gasteiger partial charge >= 0.3 is 0 Å². The third-order valence-electron chi connectivity index (χ3n) is 5.21. The second-order valence-corrected chi connectivity index (χ2v) is 8.28. The summed E-state index contributed by atoms with van der Waals surface area (Å²) in [5.74, 6) is 1.29. The normalized spacial score (nSPS) is 15.2. The number of imidazole rings is 1. The maximum Gasteiger partial charge on any atom is 0.251 e. The zero-order chi connectivity index (χ0) is 21.2. The number of aromatic nitrogens is 2. The number of nitrogens with zero attached hydrogens (tertiary/aromatic N) is 2. The summed E-state index contributed by atoms with van der Waals surface area (Å²) in [7, 11) is 0. The number of hydrogen-bond acceptors (Lipinski definition) is 4. The number of hydrogen-bond donors (Lipinski definition) is 1. The largest absolute Gasteiger partial charge is 0.493 e. The molecule has 156 valence electrons. The van der Waals surface area contributed by atoms with Crippen LogP contribution < -0.4 is 14.8 Å². The molecule has 7 heteroatoms. The van der Waals surface area contributed by atoms with Crippen molar-refractivity contribution in [3.63, 3.8) is 0 Å². The third kappa shape index (κ3) is 4.27. The zero-order valence-electron chi connectivity index (χ0n) is 16.6. The lowest BCUT2D eigenvalue weighted by molar-refractivity contribution is 0.0924. The van der Waals surface area contributed by atoms with E-state index in [4.69, 9.17) is 9.47 Å². The van der Waals surface area contributed by atoms with Crippen LogP contribution in [0, 0.1) is 0 Å². The first-order valence-corrected chi connectivity index (χ1v) is 10.8. The van der Waals surface area contributed by atoms with E-state index >= 15 is 0 Å². The predicted molar refractivity (Wildman–Crippen MR) is 120 cm³/mol. The Balaban J connectivity index is 1.28. The molecular formula is C24H20BrN3O3. The van der Waals surface area contributed by atoms with Gasteiger partial charge in [0.2, 0.25) is 0 Å². The van der Waals surface area contributed by atoms with Crippen molar-refractivity contribution in [2.75, 3.05) is 6.61 Å². The zero-order valence-corrected chi connectivity index (χ0v) is 18.2. The molecule has 5 rings (SSSR count). The molecule has 1 atom stereocenters. The van der Waals surface area contributed by atoms with Gasteiger partial charge in [0.1, 0.15) is 23.8 Å². The van der Waals surface area contributed by atoms with Crippen molar-refractivity contribution < 1.29 is 14.3 Å². The minimum atomic E-state index is -0.143. The molecule has 0 radical (unpaired) electrons. The van der Waals surface area contributed by atoms with Crippen LogP contribution in [-0.2, 0) is 6.61 Å². The van der Waals surface area contributed by atoms with Crippen LogP contribution in [0.15, 0.2) is 77.5 Å². The van der Waals surface area contributed by atoms with Crippen LogP contribution in [0.5, 0.6) is 11.5 Å². The summed E-state index contributed by atoms with van der Waals surface area (Å²) in [6.45, 7) is 0.899. The number of ether oxygens (including phenoxy) is 2. The van der Waals surface area contributed by atoms with Crippen LogP contribution in [0.2, 0.25) is 0 Å². The highest BCUT2D eigenvalue weighted by Crippen LogP contribution is 2.34. The number of carbonyl (C=O) groups excluding carboxylic acids is 1. The van der Waals surface area contributed by atoms with Gasteiger partial charge in [0.25, 0.3) is 5.91 Å². The van der Waals surface area contributed by atoms with Crippen LogP contribution >= 0.6 is 15.9 Å². The Hall–Kier alpha value is -3.32. The summed E-state index contributed by atoms with van der Waals surface area (Å²) in [6.07, 6.45) is 4.61. The molecule has 1 amide bonds. The monoisotopic (exact) mass is 477 g/mol. The minimum absolute atomic E-state index is 0.101. The van der Waals surface area contributed by atoms with Crippen molar-refractivity contribution in [3.05, 3.63) is 94.4 Å². The second-order valence-electron chi connectivity index (χ2n) is 7.36. The molecule has 6 nitrogen and oxygen atoms in total. The van der Waals surface area contributed by atoms with E-state index in [9.17, 15) is 4.79 Å². The number of nitrogens with one attached hydrogen (secondary N) is 1. The van der Waals surface area contributed by atoms with Gasteiger partial charge in [-0.05, 0) is 48.5 Å². The van der Waals surface area contributed by atoms with E-state index in [0.717, 1.165) is 33.5 Å². The van der Waals surface area contributed by atoms with Gasteiger partial charge in [-0.25, -0.2) is 4.98 Å². The van der Waals surface area contributed by atoms with Crippen molar-refractivity contribution in [2.24, 2.45) is 0 Å². The number of carbonyl (C=O) groups is 1. The van der Waals surface area contributed by atoms with Gasteiger partial charge in [-0.15, -0.1) is 0 Å². The number of rotatable bonds is 5. The Labute approximate surface area is 188 Å². The molecule has 4 aromatic rings. The predicted octanol–water partition coefficient (Wildman–Crippen LogP) is 4.93. The molecule has 1 aliphatic rings. The van der Waals surface area contributed by atoms with Gasteiger partial charge in [-0.3, -0.25) is 4.79 Å². The molecule has 2 aromatic heterocycles. The van der Waals surface area contributed by atoms with Gasteiger partial charge in [0.15, 0.2) is 0 Å². The average Bonchev–Trinajstić information content (AvgIpc) is 3.21. The quantitative estimate of drug-likeness (QED) is 0.442. The lowest BCUT2D eigenvalue weighted by Gasteiger charge is -2.27. The molecule has 0 spiro atoms. The van der Waals surface area contributed by atoms with E-state index < -0.39 is 0 Å². The maximum absolute atomic E-state index is 12.9. The van der Waals surface area contributed by atoms with Crippen molar-refractivity contribution in [3.8, 4) is 11.5 Å². The van der Waals surface area contributed by atoms with Crippen LogP contribution in [0.25, 0.3) is 5.65 Å². The minimum Gasteiger partial charge on any atom is -0.493 e. The number of fused-ring (bicyclic) bond motifs is 2. The lowest BCUT2D eigenvalue weighted by atomic mass is 10.00.